The summed E-state index contributed by atoms with van der Waals surface area (Å²) >= 11 is 0. The smallest absolute Gasteiger partial charge is 0.306 e. The minimum absolute atomic E-state index is 0.0182. The lowest BCUT2D eigenvalue weighted by atomic mass is 10.0. The Bertz CT molecular complexity index is 834. The Labute approximate surface area is 159 Å². The maximum Gasteiger partial charge on any atom is 0.306 e. The van der Waals surface area contributed by atoms with Crippen LogP contribution < -0.4 is 9.64 Å². The second kappa shape index (κ2) is 7.70. The fourth-order valence-corrected chi connectivity index (χ4v) is 3.26. The molecule has 0 saturated carbocycles. The van der Waals surface area contributed by atoms with E-state index in [0.29, 0.717) is 24.3 Å². The topological polar surface area (TPSA) is 70.1 Å². The summed E-state index contributed by atoms with van der Waals surface area (Å²) in [4.78, 5) is 27.3. The van der Waals surface area contributed by atoms with Gasteiger partial charge in [-0.3, -0.25) is 9.59 Å². The van der Waals surface area contributed by atoms with Crippen molar-refractivity contribution in [3.8, 4) is 5.75 Å². The van der Waals surface area contributed by atoms with E-state index in [1.165, 1.54) is 0 Å². The number of aliphatic carboxylic acids is 1. The number of carbonyl (C=O) groups excluding carboxylic acids is 1. The highest BCUT2D eigenvalue weighted by molar-refractivity contribution is 6.01. The number of amides is 1. The summed E-state index contributed by atoms with van der Waals surface area (Å²) in [6.07, 6.45) is 0.272. The van der Waals surface area contributed by atoms with Crippen LogP contribution >= 0.6 is 0 Å². The number of likely N-dealkylation sites (N-methyl/N-ethyl adjacent to an activating group) is 2. The van der Waals surface area contributed by atoms with Crippen molar-refractivity contribution < 1.29 is 19.4 Å². The summed E-state index contributed by atoms with van der Waals surface area (Å²) in [5.74, 6) is -0.554. The van der Waals surface area contributed by atoms with Crippen molar-refractivity contribution in [1.82, 2.24) is 4.90 Å². The molecule has 1 aliphatic rings. The van der Waals surface area contributed by atoms with Crippen LogP contribution in [0.15, 0.2) is 48.5 Å². The quantitative estimate of drug-likeness (QED) is 0.849. The van der Waals surface area contributed by atoms with Gasteiger partial charge in [-0.15, -0.1) is 0 Å². The van der Waals surface area contributed by atoms with Crippen LogP contribution in [-0.4, -0.2) is 48.8 Å². The number of rotatable bonds is 6. The molecule has 2 unspecified atom stereocenters. The SMILES string of the molecule is CC(Cc1ccc(OCC2N(C)C(=O)c3ccccc3N2C)cc1)C(=O)O. The summed E-state index contributed by atoms with van der Waals surface area (Å²) < 4.78 is 5.91. The van der Waals surface area contributed by atoms with Crippen molar-refractivity contribution in [2.45, 2.75) is 19.5 Å². The van der Waals surface area contributed by atoms with Crippen LogP contribution in [0.2, 0.25) is 0 Å². The number of carboxylic acid groups (broad SMARTS) is 1. The molecular formula is C21H24N2O4. The number of para-hydroxylation sites is 1. The van der Waals surface area contributed by atoms with E-state index in [9.17, 15) is 9.59 Å². The summed E-state index contributed by atoms with van der Waals surface area (Å²) in [7, 11) is 3.73. The first kappa shape index (κ1) is 18.8. The first-order valence-electron chi connectivity index (χ1n) is 8.92. The molecule has 142 valence electrons. The largest absolute Gasteiger partial charge is 0.489 e. The first-order chi connectivity index (χ1) is 12.9. The number of carbonyl (C=O) groups is 2. The molecule has 1 amide bonds. The van der Waals surface area contributed by atoms with E-state index < -0.39 is 11.9 Å². The monoisotopic (exact) mass is 368 g/mol. The molecule has 27 heavy (non-hydrogen) atoms. The van der Waals surface area contributed by atoms with Crippen molar-refractivity contribution in [2.75, 3.05) is 25.6 Å². The lowest BCUT2D eigenvalue weighted by Gasteiger charge is -2.41. The Morgan fingerprint density at radius 3 is 2.44 bits per heavy atom. The minimum atomic E-state index is -0.802. The second-order valence-corrected chi connectivity index (χ2v) is 6.92. The number of nitrogens with zero attached hydrogens (tertiary/aromatic N) is 2. The average molecular weight is 368 g/mol. The molecule has 0 saturated heterocycles. The van der Waals surface area contributed by atoms with E-state index in [0.717, 1.165) is 11.3 Å². The Balaban J connectivity index is 1.66. The van der Waals surface area contributed by atoms with E-state index in [2.05, 4.69) is 0 Å². The van der Waals surface area contributed by atoms with Gasteiger partial charge in [0.2, 0.25) is 0 Å². The average Bonchev–Trinajstić information content (AvgIpc) is 2.67. The van der Waals surface area contributed by atoms with Gasteiger partial charge < -0.3 is 19.6 Å². The van der Waals surface area contributed by atoms with Crippen LogP contribution in [0.4, 0.5) is 5.69 Å². The summed E-state index contributed by atoms with van der Waals surface area (Å²) in [6.45, 7) is 2.02. The number of hydrogen-bond donors (Lipinski definition) is 1. The molecule has 1 aliphatic heterocycles. The number of fused-ring (bicyclic) bond motifs is 1. The zero-order valence-electron chi connectivity index (χ0n) is 15.8. The molecule has 2 aromatic carbocycles. The molecule has 6 heteroatoms. The third-order valence-electron chi connectivity index (χ3n) is 5.01. The van der Waals surface area contributed by atoms with Gasteiger partial charge in [-0.1, -0.05) is 31.2 Å². The molecule has 0 bridgehead atoms. The maximum atomic E-state index is 12.6. The predicted molar refractivity (Wildman–Crippen MR) is 103 cm³/mol. The zero-order valence-corrected chi connectivity index (χ0v) is 15.8. The van der Waals surface area contributed by atoms with Crippen molar-refractivity contribution in [2.24, 2.45) is 5.92 Å². The van der Waals surface area contributed by atoms with Crippen molar-refractivity contribution >= 4 is 17.6 Å². The molecule has 0 fully saturated rings. The van der Waals surface area contributed by atoms with Crippen molar-refractivity contribution in [3.05, 3.63) is 59.7 Å². The molecule has 2 aromatic rings. The normalized spacial score (nSPS) is 17.4. The highest BCUT2D eigenvalue weighted by atomic mass is 16.5. The molecule has 1 heterocycles. The van der Waals surface area contributed by atoms with Crippen LogP contribution in [0, 0.1) is 5.92 Å². The lowest BCUT2D eigenvalue weighted by Crippen LogP contribution is -2.54. The Morgan fingerprint density at radius 2 is 1.78 bits per heavy atom. The molecular weight excluding hydrogens is 344 g/mol. The van der Waals surface area contributed by atoms with Crippen molar-refractivity contribution in [1.29, 1.82) is 0 Å². The van der Waals surface area contributed by atoms with Crippen LogP contribution in [-0.2, 0) is 11.2 Å². The van der Waals surface area contributed by atoms with Crippen LogP contribution in [0.1, 0.15) is 22.8 Å². The van der Waals surface area contributed by atoms with Gasteiger partial charge in [0.05, 0.1) is 17.2 Å². The number of ether oxygens (including phenoxy) is 1. The van der Waals surface area contributed by atoms with E-state index in [-0.39, 0.29) is 12.1 Å². The molecule has 0 aliphatic carbocycles. The van der Waals surface area contributed by atoms with Gasteiger partial charge in [0.1, 0.15) is 18.5 Å². The van der Waals surface area contributed by atoms with Gasteiger partial charge in [0.25, 0.3) is 5.91 Å². The number of carboxylic acids is 1. The van der Waals surface area contributed by atoms with Crippen LogP contribution in [0.25, 0.3) is 0 Å². The number of hydrogen-bond acceptors (Lipinski definition) is 4. The zero-order chi connectivity index (χ0) is 19.6. The molecule has 1 N–H and O–H groups in total. The van der Waals surface area contributed by atoms with E-state index >= 15 is 0 Å². The molecule has 3 rings (SSSR count). The lowest BCUT2D eigenvalue weighted by molar-refractivity contribution is -0.141. The van der Waals surface area contributed by atoms with Crippen LogP contribution in [0.3, 0.4) is 0 Å². The van der Waals surface area contributed by atoms with Crippen molar-refractivity contribution in [3.63, 3.8) is 0 Å². The predicted octanol–water partition coefficient (Wildman–Crippen LogP) is 2.88. The number of anilines is 1. The van der Waals surface area contributed by atoms with E-state index in [4.69, 9.17) is 9.84 Å². The summed E-state index contributed by atoms with van der Waals surface area (Å²) in [5.41, 5.74) is 2.54. The van der Waals surface area contributed by atoms with E-state index in [1.807, 2.05) is 60.5 Å². The third-order valence-corrected chi connectivity index (χ3v) is 5.01. The number of benzene rings is 2. The fraction of sp³-hybridized carbons (Fsp3) is 0.333. The van der Waals surface area contributed by atoms with Gasteiger partial charge >= 0.3 is 5.97 Å². The molecule has 0 spiro atoms. The molecule has 2 atom stereocenters. The Morgan fingerprint density at radius 1 is 1.11 bits per heavy atom. The van der Waals surface area contributed by atoms with Crippen LogP contribution in [0.5, 0.6) is 5.75 Å². The second-order valence-electron chi connectivity index (χ2n) is 6.92. The first-order valence-corrected chi connectivity index (χ1v) is 8.92. The van der Waals surface area contributed by atoms with Gasteiger partial charge in [0, 0.05) is 14.1 Å². The highest BCUT2D eigenvalue weighted by Crippen LogP contribution is 2.29. The third kappa shape index (κ3) is 3.89. The fourth-order valence-electron chi connectivity index (χ4n) is 3.26. The van der Waals surface area contributed by atoms with Gasteiger partial charge in [-0.25, -0.2) is 0 Å². The minimum Gasteiger partial charge on any atom is -0.489 e. The Kier molecular flexibility index (Phi) is 5.35. The molecule has 6 nitrogen and oxygen atoms in total. The van der Waals surface area contributed by atoms with Gasteiger partial charge in [0.15, 0.2) is 0 Å². The summed E-state index contributed by atoms with van der Waals surface area (Å²) in [6, 6.07) is 15.0. The van der Waals surface area contributed by atoms with E-state index in [1.54, 1.807) is 18.9 Å². The highest BCUT2D eigenvalue weighted by Gasteiger charge is 2.33. The maximum absolute atomic E-state index is 12.6. The molecule has 0 radical (unpaired) electrons. The van der Waals surface area contributed by atoms with Gasteiger partial charge in [-0.2, -0.15) is 0 Å². The molecule has 0 aromatic heterocycles. The Hall–Kier alpha value is -3.02. The standard InChI is InChI=1S/C21H24N2O4/c1-14(21(25)26)12-15-8-10-16(11-9-15)27-13-19-22(2)18-7-5-4-6-17(18)20(24)23(19)3/h4-11,14,19H,12-13H2,1-3H3,(H,25,26). The summed E-state index contributed by atoms with van der Waals surface area (Å²) in [5, 5.41) is 9.01. The van der Waals surface area contributed by atoms with Gasteiger partial charge in [-0.05, 0) is 36.2 Å².